The fourth-order valence-corrected chi connectivity index (χ4v) is 1.81. The molecule has 25 heavy (non-hydrogen) atoms. The van der Waals surface area contributed by atoms with Crippen molar-refractivity contribution in [3.8, 4) is 0 Å². The molecule has 0 fully saturated rings. The minimum absolute atomic E-state index is 0. The van der Waals surface area contributed by atoms with E-state index in [2.05, 4.69) is 35.3 Å². The van der Waals surface area contributed by atoms with Crippen LogP contribution in [0.5, 0.6) is 0 Å². The van der Waals surface area contributed by atoms with Crippen molar-refractivity contribution in [2.45, 2.75) is 6.92 Å². The van der Waals surface area contributed by atoms with Crippen molar-refractivity contribution in [2.75, 3.05) is 0 Å². The first-order valence-corrected chi connectivity index (χ1v) is 6.13. The number of carbonyl (C=O) groups excluding carboxylic acids is 1. The second kappa shape index (κ2) is 13.8. The molecule has 0 aliphatic heterocycles. The molecule has 3 aromatic rings. The van der Waals surface area contributed by atoms with Gasteiger partial charge in [0.2, 0.25) is 0 Å². The van der Waals surface area contributed by atoms with Crippen LogP contribution in [-0.4, -0.2) is 16.0 Å². The molecular formula is C15H16N4O5Pt. The molecule has 0 saturated heterocycles. The molecule has 1 heterocycles. The molecule has 0 aliphatic rings. The molecular weight excluding hydrogens is 511 g/mol. The first-order chi connectivity index (χ1) is 10.4. The summed E-state index contributed by atoms with van der Waals surface area (Å²) in [5, 5.41) is 27.3. The number of nitrogens with two attached hydrogens (primary N) is 2. The molecule has 4 N–H and O–H groups in total. The molecule has 0 radical (unpaired) electrons. The molecule has 9 nitrogen and oxygen atoms in total. The number of hydrogen-bond donors (Lipinski definition) is 0. The van der Waals surface area contributed by atoms with Gasteiger partial charge in [-0.25, -0.2) is 0 Å². The Morgan fingerprint density at radius 1 is 0.960 bits per heavy atom. The number of carboxylic acid groups (broad SMARTS) is 1. The Morgan fingerprint density at radius 2 is 1.36 bits per heavy atom. The third-order valence-electron chi connectivity index (χ3n) is 2.50. The Kier molecular flexibility index (Phi) is 15.0. The van der Waals surface area contributed by atoms with E-state index in [1.54, 1.807) is 0 Å². The maximum absolute atomic E-state index is 8.89. The summed E-state index contributed by atoms with van der Waals surface area (Å²) in [6.07, 6.45) is 1.93. The normalized spacial score (nSPS) is 8.04. The van der Waals surface area contributed by atoms with E-state index in [4.69, 9.17) is 25.2 Å². The zero-order valence-corrected chi connectivity index (χ0v) is 15.4. The van der Waals surface area contributed by atoms with Crippen LogP contribution in [0.3, 0.4) is 0 Å². The molecule has 0 aliphatic carbocycles. The summed E-state index contributed by atoms with van der Waals surface area (Å²) in [4.78, 5) is 21.5. The monoisotopic (exact) mass is 527 g/mol. The summed E-state index contributed by atoms with van der Waals surface area (Å²) in [6, 6.07) is 16.6. The number of para-hydroxylation sites is 1. The van der Waals surface area contributed by atoms with E-state index in [-0.39, 0.29) is 33.4 Å². The number of fused-ring (bicyclic) bond motifs is 3. The van der Waals surface area contributed by atoms with Crippen LogP contribution in [0.1, 0.15) is 6.92 Å². The van der Waals surface area contributed by atoms with Gasteiger partial charge in [-0.3, -0.25) is 4.98 Å². The quantitative estimate of drug-likeness (QED) is 0.245. The Bertz CT molecular complexity index is 726. The predicted octanol–water partition coefficient (Wildman–Crippen LogP) is 3.34. The van der Waals surface area contributed by atoms with Crippen molar-refractivity contribution in [1.29, 1.82) is 0 Å². The molecule has 1 aromatic heterocycles. The van der Waals surface area contributed by atoms with Crippen LogP contribution >= 0.6 is 0 Å². The summed E-state index contributed by atoms with van der Waals surface area (Å²) in [7, 11) is 0. The van der Waals surface area contributed by atoms with Gasteiger partial charge < -0.3 is 37.5 Å². The van der Waals surface area contributed by atoms with E-state index < -0.39 is 11.1 Å². The largest absolute Gasteiger partial charge is 4.00 e. The van der Waals surface area contributed by atoms with E-state index in [0.29, 0.717) is 0 Å². The Hall–Kier alpha value is -2.61. The van der Waals surface area contributed by atoms with Gasteiger partial charge in [-0.05, 0) is 18.4 Å². The summed E-state index contributed by atoms with van der Waals surface area (Å²) < 4.78 is 0. The molecule has 0 saturated carbocycles. The third-order valence-corrected chi connectivity index (χ3v) is 2.50. The van der Waals surface area contributed by atoms with Crippen LogP contribution in [-0.2, 0) is 25.9 Å². The zero-order valence-electron chi connectivity index (χ0n) is 13.1. The molecule has 136 valence electrons. The number of carbonyl (C=O) groups is 1. The number of rotatable bonds is 0. The van der Waals surface area contributed by atoms with Crippen molar-refractivity contribution < 1.29 is 36.1 Å². The Balaban J connectivity index is -0.000000383. The minimum atomic E-state index is -1.75. The van der Waals surface area contributed by atoms with Crippen LogP contribution in [0.2, 0.25) is 0 Å². The topological polar surface area (TPSA) is 186 Å². The van der Waals surface area contributed by atoms with Crippen LogP contribution in [0.15, 0.2) is 54.7 Å². The van der Waals surface area contributed by atoms with E-state index in [9.17, 15) is 0 Å². The zero-order chi connectivity index (χ0) is 16.5. The SMILES string of the molecule is CC(=O)[O-].O=[N+]([O-])[O-].[NH2-].[NH2-].[Pt+4].c1ccc2c(c1)cnc1ccccc12. The molecule has 3 rings (SSSR count). The molecule has 0 spiro atoms. The summed E-state index contributed by atoms with van der Waals surface area (Å²) >= 11 is 0. The second-order valence-corrected chi connectivity index (χ2v) is 4.08. The van der Waals surface area contributed by atoms with Crippen LogP contribution < -0.4 is 5.11 Å². The smallest absolute Gasteiger partial charge is 0.693 e. The number of aromatic nitrogens is 1. The number of nitrogens with zero attached hydrogens (tertiary/aromatic N) is 2. The van der Waals surface area contributed by atoms with E-state index >= 15 is 0 Å². The number of benzene rings is 2. The van der Waals surface area contributed by atoms with E-state index in [0.717, 1.165) is 12.4 Å². The number of aliphatic carboxylic acids is 1. The maximum Gasteiger partial charge on any atom is 4.00 e. The van der Waals surface area contributed by atoms with Gasteiger partial charge in [-0.2, -0.15) is 0 Å². The standard InChI is InChI=1S/C13H9N.C2H4O2.NO3.2H2N.Pt/c1-2-6-11-10(5-1)9-14-13-8-4-3-7-12(11)13;1-2(3)4;2-1(3)4;;;/h1-9H;1H3,(H,3,4);;2*1H2;/q;;3*-1;+4/p-1. The van der Waals surface area contributed by atoms with Crippen molar-refractivity contribution in [3.63, 3.8) is 0 Å². The predicted molar refractivity (Wildman–Crippen MR) is 90.9 cm³/mol. The van der Waals surface area contributed by atoms with Crippen molar-refractivity contribution in [2.24, 2.45) is 0 Å². The number of hydrogen-bond acceptors (Lipinski definition) is 6. The van der Waals surface area contributed by atoms with Gasteiger partial charge in [0.25, 0.3) is 0 Å². The van der Waals surface area contributed by atoms with Crippen molar-refractivity contribution in [1.82, 2.24) is 4.98 Å². The molecule has 0 amide bonds. The Labute approximate surface area is 158 Å². The first kappa shape index (κ1) is 27.2. The average Bonchev–Trinajstić information content (AvgIpc) is 2.46. The molecule has 0 unspecified atom stereocenters. The second-order valence-electron chi connectivity index (χ2n) is 4.08. The number of pyridine rings is 1. The van der Waals surface area contributed by atoms with Gasteiger partial charge in [-0.15, -0.1) is 0 Å². The Morgan fingerprint density at radius 3 is 1.88 bits per heavy atom. The van der Waals surface area contributed by atoms with Crippen LogP contribution in [0.25, 0.3) is 34.0 Å². The van der Waals surface area contributed by atoms with Crippen LogP contribution in [0.4, 0.5) is 0 Å². The van der Waals surface area contributed by atoms with Gasteiger partial charge in [0.15, 0.2) is 0 Å². The van der Waals surface area contributed by atoms with Gasteiger partial charge in [-0.1, -0.05) is 42.5 Å². The molecule has 10 heteroatoms. The summed E-state index contributed by atoms with van der Waals surface area (Å²) in [6.45, 7) is 0.972. The van der Waals surface area contributed by atoms with Gasteiger partial charge in [0, 0.05) is 22.9 Å². The fraction of sp³-hybridized carbons (Fsp3) is 0.0667. The summed E-state index contributed by atoms with van der Waals surface area (Å²) in [5.41, 5.74) is 1.06. The van der Waals surface area contributed by atoms with E-state index in [1.165, 1.54) is 16.2 Å². The average molecular weight is 527 g/mol. The van der Waals surface area contributed by atoms with Crippen molar-refractivity contribution in [3.05, 3.63) is 82.4 Å². The fourth-order valence-electron chi connectivity index (χ4n) is 1.81. The third kappa shape index (κ3) is 9.98. The number of carboxylic acids is 1. The van der Waals surface area contributed by atoms with Gasteiger partial charge >= 0.3 is 21.1 Å². The van der Waals surface area contributed by atoms with Gasteiger partial charge in [0.1, 0.15) is 0 Å². The van der Waals surface area contributed by atoms with Gasteiger partial charge in [0.05, 0.1) is 10.6 Å². The first-order valence-electron chi connectivity index (χ1n) is 6.13. The summed E-state index contributed by atoms with van der Waals surface area (Å²) in [5.74, 6) is -1.08. The molecule has 0 atom stereocenters. The van der Waals surface area contributed by atoms with Crippen LogP contribution in [0, 0.1) is 15.3 Å². The van der Waals surface area contributed by atoms with E-state index in [1.807, 2.05) is 24.4 Å². The molecule has 0 bridgehead atoms. The maximum atomic E-state index is 8.89. The van der Waals surface area contributed by atoms with Crippen molar-refractivity contribution >= 4 is 27.6 Å². The molecule has 2 aromatic carbocycles. The minimum Gasteiger partial charge on any atom is -0.693 e.